The number of carbonyl (C=O) groups excluding carboxylic acids is 1. The number of para-hydroxylation sites is 1. The molecule has 0 atom stereocenters. The summed E-state index contributed by atoms with van der Waals surface area (Å²) in [5.41, 5.74) is 2.43. The molecule has 3 aromatic rings. The average molecular weight is 319 g/mol. The predicted molar refractivity (Wildman–Crippen MR) is 88.4 cm³/mol. The second kappa shape index (κ2) is 7.28. The largest absolute Gasteiger partial charge is 0.545 e. The van der Waals surface area contributed by atoms with Crippen molar-refractivity contribution < 1.29 is 14.6 Å². The van der Waals surface area contributed by atoms with E-state index < -0.39 is 5.97 Å². The molecule has 0 radical (unpaired) electrons. The second-order valence-electron chi connectivity index (χ2n) is 5.08. The first-order valence-corrected chi connectivity index (χ1v) is 7.43. The Hall–Kier alpha value is -3.34. The van der Waals surface area contributed by atoms with Crippen molar-refractivity contribution in [2.24, 2.45) is 0 Å². The van der Waals surface area contributed by atoms with E-state index in [1.54, 1.807) is 10.7 Å². The monoisotopic (exact) mass is 319 g/mol. The molecule has 0 saturated heterocycles. The number of carboxylic acids is 1. The fourth-order valence-corrected chi connectivity index (χ4v) is 2.22. The van der Waals surface area contributed by atoms with Crippen molar-refractivity contribution in [1.29, 1.82) is 0 Å². The van der Waals surface area contributed by atoms with E-state index in [0.29, 0.717) is 18.2 Å². The Kier molecular flexibility index (Phi) is 4.72. The standard InChI is InChI=1S/C19H16N2O3/c22-19(23)12-11-17-13-18(24-14-15-7-3-1-4-8-15)20-21(17)16-9-5-2-6-10-16/h1-13H,14H2,(H,22,23)/p-1/b12-11+. The fourth-order valence-electron chi connectivity index (χ4n) is 2.22. The minimum absolute atomic E-state index is 0.385. The lowest BCUT2D eigenvalue weighted by Crippen LogP contribution is -2.18. The van der Waals surface area contributed by atoms with Gasteiger partial charge in [0, 0.05) is 6.07 Å². The van der Waals surface area contributed by atoms with E-state index in [-0.39, 0.29) is 0 Å². The molecule has 24 heavy (non-hydrogen) atoms. The summed E-state index contributed by atoms with van der Waals surface area (Å²) < 4.78 is 7.34. The minimum Gasteiger partial charge on any atom is -0.545 e. The summed E-state index contributed by atoms with van der Waals surface area (Å²) in [5, 5.41) is 15.1. The predicted octanol–water partition coefficient (Wildman–Crippen LogP) is 2.21. The normalized spacial score (nSPS) is 10.8. The van der Waals surface area contributed by atoms with E-state index in [2.05, 4.69) is 5.10 Å². The quantitative estimate of drug-likeness (QED) is 0.653. The summed E-state index contributed by atoms with van der Waals surface area (Å²) in [4.78, 5) is 10.7. The van der Waals surface area contributed by atoms with Crippen LogP contribution in [-0.4, -0.2) is 15.7 Å². The van der Waals surface area contributed by atoms with Crippen molar-refractivity contribution in [3.63, 3.8) is 0 Å². The van der Waals surface area contributed by atoms with Crippen LogP contribution in [-0.2, 0) is 11.4 Å². The topological polar surface area (TPSA) is 67.2 Å². The number of carboxylic acid groups (broad SMARTS) is 1. The van der Waals surface area contributed by atoms with Gasteiger partial charge in [-0.2, -0.15) is 0 Å². The molecule has 0 fully saturated rings. The highest BCUT2D eigenvalue weighted by atomic mass is 16.5. The Balaban J connectivity index is 1.86. The molecule has 0 amide bonds. The number of benzene rings is 2. The van der Waals surface area contributed by atoms with Crippen LogP contribution < -0.4 is 9.84 Å². The molecule has 3 rings (SSSR count). The maximum atomic E-state index is 10.7. The minimum atomic E-state index is -1.26. The number of hydrogen-bond donors (Lipinski definition) is 0. The number of nitrogens with zero attached hydrogens (tertiary/aromatic N) is 2. The lowest BCUT2D eigenvalue weighted by Gasteiger charge is -2.04. The third-order valence-electron chi connectivity index (χ3n) is 3.33. The number of aliphatic carboxylic acids is 1. The van der Waals surface area contributed by atoms with Gasteiger partial charge in [-0.3, -0.25) is 0 Å². The van der Waals surface area contributed by atoms with Crippen LogP contribution >= 0.6 is 0 Å². The van der Waals surface area contributed by atoms with Gasteiger partial charge < -0.3 is 14.6 Å². The maximum absolute atomic E-state index is 10.7. The number of ether oxygens (including phenoxy) is 1. The van der Waals surface area contributed by atoms with Crippen LogP contribution in [0.25, 0.3) is 11.8 Å². The van der Waals surface area contributed by atoms with Crippen LogP contribution in [0.4, 0.5) is 0 Å². The highest BCUT2D eigenvalue weighted by Gasteiger charge is 2.08. The van der Waals surface area contributed by atoms with E-state index >= 15 is 0 Å². The molecular formula is C19H15N2O3-. The molecule has 1 heterocycles. The Labute approximate surface area is 139 Å². The number of hydrogen-bond acceptors (Lipinski definition) is 4. The number of rotatable bonds is 6. The smallest absolute Gasteiger partial charge is 0.234 e. The van der Waals surface area contributed by atoms with Crippen LogP contribution in [0.15, 0.2) is 72.8 Å². The summed E-state index contributed by atoms with van der Waals surface area (Å²) in [6, 6.07) is 20.9. The van der Waals surface area contributed by atoms with E-state index in [9.17, 15) is 9.90 Å². The van der Waals surface area contributed by atoms with E-state index in [1.807, 2.05) is 60.7 Å². The lowest BCUT2D eigenvalue weighted by molar-refractivity contribution is -0.297. The zero-order valence-electron chi connectivity index (χ0n) is 12.8. The number of carbonyl (C=O) groups is 1. The number of aromatic nitrogens is 2. The van der Waals surface area contributed by atoms with Crippen molar-refractivity contribution in [2.75, 3.05) is 0 Å². The van der Waals surface area contributed by atoms with Gasteiger partial charge in [0.05, 0.1) is 17.4 Å². The van der Waals surface area contributed by atoms with Gasteiger partial charge in [0.25, 0.3) is 0 Å². The molecule has 5 heteroatoms. The molecule has 0 aliphatic carbocycles. The van der Waals surface area contributed by atoms with Crippen LogP contribution in [0.2, 0.25) is 0 Å². The van der Waals surface area contributed by atoms with Crippen LogP contribution in [0.1, 0.15) is 11.3 Å². The van der Waals surface area contributed by atoms with Crippen molar-refractivity contribution in [3.8, 4) is 11.6 Å². The lowest BCUT2D eigenvalue weighted by atomic mass is 10.2. The molecule has 5 nitrogen and oxygen atoms in total. The van der Waals surface area contributed by atoms with Gasteiger partial charge in [-0.05, 0) is 29.8 Å². The molecule has 0 N–H and O–H groups in total. The molecule has 0 spiro atoms. The molecular weight excluding hydrogens is 304 g/mol. The summed E-state index contributed by atoms with van der Waals surface area (Å²) in [7, 11) is 0. The molecule has 0 aliphatic heterocycles. The third kappa shape index (κ3) is 3.89. The second-order valence-corrected chi connectivity index (χ2v) is 5.08. The summed E-state index contributed by atoms with van der Waals surface area (Å²) in [6.07, 6.45) is 2.40. The molecule has 0 aliphatic rings. The van der Waals surface area contributed by atoms with E-state index in [1.165, 1.54) is 6.08 Å². The van der Waals surface area contributed by atoms with Crippen LogP contribution in [0.5, 0.6) is 5.88 Å². The van der Waals surface area contributed by atoms with Crippen LogP contribution in [0.3, 0.4) is 0 Å². The SMILES string of the molecule is O=C([O-])/C=C/c1cc(OCc2ccccc2)nn1-c1ccccc1. The fraction of sp³-hybridized carbons (Fsp3) is 0.0526. The van der Waals surface area contributed by atoms with Crippen molar-refractivity contribution in [3.05, 3.63) is 84.1 Å². The molecule has 0 bridgehead atoms. The Morgan fingerprint density at radius 3 is 2.42 bits per heavy atom. The summed E-state index contributed by atoms with van der Waals surface area (Å²) in [5.74, 6) is -0.844. The van der Waals surface area contributed by atoms with Gasteiger partial charge >= 0.3 is 0 Å². The molecule has 1 aromatic heterocycles. The van der Waals surface area contributed by atoms with Crippen molar-refractivity contribution >= 4 is 12.0 Å². The summed E-state index contributed by atoms with van der Waals surface area (Å²) >= 11 is 0. The highest BCUT2D eigenvalue weighted by Crippen LogP contribution is 2.19. The Bertz CT molecular complexity index is 840. The first kappa shape index (κ1) is 15.6. The van der Waals surface area contributed by atoms with Gasteiger partial charge in [0.15, 0.2) is 0 Å². The third-order valence-corrected chi connectivity index (χ3v) is 3.33. The van der Waals surface area contributed by atoms with E-state index in [0.717, 1.165) is 17.3 Å². The maximum Gasteiger partial charge on any atom is 0.234 e. The van der Waals surface area contributed by atoms with Gasteiger partial charge in [0.1, 0.15) is 6.61 Å². The first-order valence-electron chi connectivity index (χ1n) is 7.43. The van der Waals surface area contributed by atoms with Gasteiger partial charge in [-0.25, -0.2) is 4.68 Å². The first-order chi connectivity index (χ1) is 11.7. The van der Waals surface area contributed by atoms with E-state index in [4.69, 9.17) is 4.74 Å². The zero-order chi connectivity index (χ0) is 16.8. The molecule has 0 unspecified atom stereocenters. The van der Waals surface area contributed by atoms with Crippen LogP contribution in [0, 0.1) is 0 Å². The average Bonchev–Trinajstić information content (AvgIpc) is 3.03. The van der Waals surface area contributed by atoms with Gasteiger partial charge in [-0.1, -0.05) is 48.5 Å². The van der Waals surface area contributed by atoms with Crippen molar-refractivity contribution in [1.82, 2.24) is 9.78 Å². The van der Waals surface area contributed by atoms with Crippen molar-refractivity contribution in [2.45, 2.75) is 6.61 Å². The molecule has 2 aromatic carbocycles. The molecule has 120 valence electrons. The zero-order valence-corrected chi connectivity index (χ0v) is 12.8. The Morgan fingerprint density at radius 2 is 1.75 bits per heavy atom. The van der Waals surface area contributed by atoms with Gasteiger partial charge in [-0.15, -0.1) is 5.10 Å². The summed E-state index contributed by atoms with van der Waals surface area (Å²) in [6.45, 7) is 0.385. The molecule has 0 saturated carbocycles. The van der Waals surface area contributed by atoms with Gasteiger partial charge in [0.2, 0.25) is 5.88 Å². The highest BCUT2D eigenvalue weighted by molar-refractivity contribution is 5.83. The Morgan fingerprint density at radius 1 is 1.08 bits per heavy atom.